The van der Waals surface area contributed by atoms with Crippen molar-refractivity contribution < 1.29 is 24.2 Å². The molecule has 0 radical (unpaired) electrons. The van der Waals surface area contributed by atoms with Crippen molar-refractivity contribution in [1.29, 1.82) is 0 Å². The Morgan fingerprint density at radius 2 is 2.25 bits per heavy atom. The number of nitrogens with one attached hydrogen (secondary N) is 2. The molecule has 0 aliphatic carbocycles. The van der Waals surface area contributed by atoms with Crippen LogP contribution in [-0.2, 0) is 14.3 Å². The van der Waals surface area contributed by atoms with Crippen LogP contribution in [0.5, 0.6) is 0 Å². The number of likely N-dealkylation sites (N-methyl/N-ethyl adjacent to an activating group) is 1. The monoisotopic (exact) mass is 285 g/mol. The lowest BCUT2D eigenvalue weighted by atomic mass is 10.0. The van der Waals surface area contributed by atoms with E-state index >= 15 is 0 Å². The van der Waals surface area contributed by atoms with E-state index in [-0.39, 0.29) is 31.2 Å². The highest BCUT2D eigenvalue weighted by molar-refractivity contribution is 5.79. The molecule has 3 amide bonds. The lowest BCUT2D eigenvalue weighted by molar-refractivity contribution is -0.142. The number of carboxylic acid groups (broad SMARTS) is 1. The van der Waals surface area contributed by atoms with Crippen LogP contribution in [-0.4, -0.2) is 66.8 Å². The summed E-state index contributed by atoms with van der Waals surface area (Å²) in [4.78, 5) is 35.5. The van der Waals surface area contributed by atoms with Crippen LogP contribution in [0.25, 0.3) is 0 Å². The molecule has 3 unspecified atom stereocenters. The number of carboxylic acids is 1. The van der Waals surface area contributed by atoms with Gasteiger partial charge >= 0.3 is 12.0 Å². The standard InChI is InChI=1S/C12H19N3O5/c1-15(9-6-20-5-8(9)11(17)18)12(19)13-4-7-2-3-10(16)14-7/h7-9H,2-6H2,1H3,(H,13,19)(H,14,16)(H,17,18). The second-order valence-electron chi connectivity index (χ2n) is 5.15. The number of hydrogen-bond acceptors (Lipinski definition) is 4. The van der Waals surface area contributed by atoms with Gasteiger partial charge in [-0.15, -0.1) is 0 Å². The number of nitrogens with zero attached hydrogens (tertiary/aromatic N) is 1. The van der Waals surface area contributed by atoms with Gasteiger partial charge in [0, 0.05) is 26.1 Å². The highest BCUT2D eigenvalue weighted by Gasteiger charge is 2.38. The van der Waals surface area contributed by atoms with E-state index in [4.69, 9.17) is 9.84 Å². The third-order valence-corrected chi connectivity index (χ3v) is 3.77. The Hall–Kier alpha value is -1.83. The van der Waals surface area contributed by atoms with Gasteiger partial charge in [-0.1, -0.05) is 0 Å². The summed E-state index contributed by atoms with van der Waals surface area (Å²) >= 11 is 0. The summed E-state index contributed by atoms with van der Waals surface area (Å²) in [5.74, 6) is -1.67. The first-order valence-corrected chi connectivity index (χ1v) is 6.59. The fraction of sp³-hybridized carbons (Fsp3) is 0.750. The van der Waals surface area contributed by atoms with Gasteiger partial charge in [0.2, 0.25) is 5.91 Å². The number of rotatable bonds is 4. The minimum absolute atomic E-state index is 0.00672. The van der Waals surface area contributed by atoms with Crippen molar-refractivity contribution in [2.75, 3.05) is 26.8 Å². The quantitative estimate of drug-likeness (QED) is 0.614. The van der Waals surface area contributed by atoms with E-state index in [1.54, 1.807) is 7.05 Å². The van der Waals surface area contributed by atoms with Crippen LogP contribution in [0.4, 0.5) is 4.79 Å². The SMILES string of the molecule is CN(C(=O)NCC1CCC(=O)N1)C1COCC1C(=O)O. The molecule has 2 aliphatic heterocycles. The summed E-state index contributed by atoms with van der Waals surface area (Å²) < 4.78 is 5.13. The lowest BCUT2D eigenvalue weighted by Crippen LogP contribution is -2.50. The van der Waals surface area contributed by atoms with Crippen molar-refractivity contribution in [3.8, 4) is 0 Å². The van der Waals surface area contributed by atoms with E-state index < -0.39 is 17.9 Å². The van der Waals surface area contributed by atoms with E-state index in [1.807, 2.05) is 0 Å². The summed E-state index contributed by atoms with van der Waals surface area (Å²) in [5.41, 5.74) is 0. The molecule has 0 spiro atoms. The van der Waals surface area contributed by atoms with E-state index in [2.05, 4.69) is 10.6 Å². The molecule has 8 nitrogen and oxygen atoms in total. The Kier molecular flexibility index (Phi) is 4.43. The van der Waals surface area contributed by atoms with Gasteiger partial charge in [0.25, 0.3) is 0 Å². The molecule has 2 aliphatic rings. The zero-order valence-corrected chi connectivity index (χ0v) is 11.3. The van der Waals surface area contributed by atoms with E-state index in [1.165, 1.54) is 4.90 Å². The first-order valence-electron chi connectivity index (χ1n) is 6.59. The molecule has 3 atom stereocenters. The third kappa shape index (κ3) is 3.19. The fourth-order valence-corrected chi connectivity index (χ4v) is 2.48. The Morgan fingerprint density at radius 1 is 1.50 bits per heavy atom. The molecule has 2 rings (SSSR count). The number of aliphatic carboxylic acids is 1. The smallest absolute Gasteiger partial charge is 0.317 e. The van der Waals surface area contributed by atoms with Crippen molar-refractivity contribution in [3.63, 3.8) is 0 Å². The van der Waals surface area contributed by atoms with Crippen molar-refractivity contribution in [2.45, 2.75) is 24.9 Å². The van der Waals surface area contributed by atoms with Gasteiger partial charge in [-0.25, -0.2) is 4.79 Å². The number of hydrogen-bond donors (Lipinski definition) is 3. The minimum Gasteiger partial charge on any atom is -0.481 e. The Labute approximate surface area is 116 Å². The molecule has 0 aromatic carbocycles. The first-order chi connectivity index (χ1) is 9.49. The zero-order valence-electron chi connectivity index (χ0n) is 11.3. The summed E-state index contributed by atoms with van der Waals surface area (Å²) in [6.07, 6.45) is 1.18. The van der Waals surface area contributed by atoms with Crippen LogP contribution in [0.2, 0.25) is 0 Å². The molecule has 2 saturated heterocycles. The highest BCUT2D eigenvalue weighted by Crippen LogP contribution is 2.19. The molecule has 0 saturated carbocycles. The molecule has 2 fully saturated rings. The van der Waals surface area contributed by atoms with E-state index in [9.17, 15) is 14.4 Å². The Morgan fingerprint density at radius 3 is 2.85 bits per heavy atom. The van der Waals surface area contributed by atoms with Gasteiger partial charge in [0.1, 0.15) is 5.92 Å². The minimum atomic E-state index is -0.963. The predicted octanol–water partition coefficient (Wildman–Crippen LogP) is -0.994. The Balaban J connectivity index is 1.82. The summed E-state index contributed by atoms with van der Waals surface area (Å²) in [6.45, 7) is 0.692. The maximum atomic E-state index is 12.0. The van der Waals surface area contributed by atoms with Gasteiger partial charge in [-0.2, -0.15) is 0 Å². The van der Waals surface area contributed by atoms with Crippen molar-refractivity contribution in [2.24, 2.45) is 5.92 Å². The van der Waals surface area contributed by atoms with Crippen LogP contribution >= 0.6 is 0 Å². The van der Waals surface area contributed by atoms with Crippen molar-refractivity contribution in [3.05, 3.63) is 0 Å². The molecule has 8 heteroatoms. The van der Waals surface area contributed by atoms with Crippen LogP contribution in [0.3, 0.4) is 0 Å². The van der Waals surface area contributed by atoms with Crippen LogP contribution in [0, 0.1) is 5.92 Å². The molecule has 0 bridgehead atoms. The summed E-state index contributed by atoms with van der Waals surface area (Å²) in [7, 11) is 1.55. The largest absolute Gasteiger partial charge is 0.481 e. The van der Waals surface area contributed by atoms with Gasteiger partial charge < -0.3 is 25.4 Å². The summed E-state index contributed by atoms with van der Waals surface area (Å²) in [6, 6.07) is -0.867. The van der Waals surface area contributed by atoms with Gasteiger partial charge in [0.05, 0.1) is 19.3 Å². The second kappa shape index (κ2) is 6.08. The lowest BCUT2D eigenvalue weighted by Gasteiger charge is -2.27. The molecule has 3 N–H and O–H groups in total. The topological polar surface area (TPSA) is 108 Å². The van der Waals surface area contributed by atoms with E-state index in [0.717, 1.165) is 0 Å². The average molecular weight is 285 g/mol. The van der Waals surface area contributed by atoms with Crippen molar-refractivity contribution >= 4 is 17.9 Å². The normalized spacial score (nSPS) is 29.1. The Bertz CT molecular complexity index is 414. The van der Waals surface area contributed by atoms with Gasteiger partial charge in [-0.05, 0) is 6.42 Å². The first kappa shape index (κ1) is 14.6. The molecule has 0 aromatic heterocycles. The van der Waals surface area contributed by atoms with Gasteiger partial charge in [0.15, 0.2) is 0 Å². The highest BCUT2D eigenvalue weighted by atomic mass is 16.5. The van der Waals surface area contributed by atoms with Gasteiger partial charge in [-0.3, -0.25) is 9.59 Å². The number of carbonyl (C=O) groups excluding carboxylic acids is 2. The molecular weight excluding hydrogens is 266 g/mol. The van der Waals surface area contributed by atoms with Crippen LogP contribution in [0.1, 0.15) is 12.8 Å². The maximum absolute atomic E-state index is 12.0. The zero-order chi connectivity index (χ0) is 14.7. The molecule has 2 heterocycles. The molecular formula is C12H19N3O5. The van der Waals surface area contributed by atoms with Crippen molar-refractivity contribution in [1.82, 2.24) is 15.5 Å². The van der Waals surface area contributed by atoms with Crippen LogP contribution in [0.15, 0.2) is 0 Å². The van der Waals surface area contributed by atoms with E-state index in [0.29, 0.717) is 19.4 Å². The molecule has 112 valence electrons. The fourth-order valence-electron chi connectivity index (χ4n) is 2.48. The summed E-state index contributed by atoms with van der Waals surface area (Å²) in [5, 5.41) is 14.5. The predicted molar refractivity (Wildman–Crippen MR) is 68.1 cm³/mol. The second-order valence-corrected chi connectivity index (χ2v) is 5.15. The number of urea groups is 1. The maximum Gasteiger partial charge on any atom is 0.317 e. The van der Waals surface area contributed by atoms with Crippen LogP contribution < -0.4 is 10.6 Å². The molecule has 20 heavy (non-hydrogen) atoms. The third-order valence-electron chi connectivity index (χ3n) is 3.77. The number of amides is 3. The molecule has 0 aromatic rings. The number of carbonyl (C=O) groups is 3. The number of ether oxygens (including phenoxy) is 1. The average Bonchev–Trinajstić information content (AvgIpc) is 3.03.